The molecule has 17 heavy (non-hydrogen) atoms. The highest BCUT2D eigenvalue weighted by molar-refractivity contribution is 5.80. The van der Waals surface area contributed by atoms with Crippen molar-refractivity contribution in [2.45, 2.75) is 39.0 Å². The molecule has 1 aliphatic rings. The summed E-state index contributed by atoms with van der Waals surface area (Å²) in [6.45, 7) is 5.72. The van der Waals surface area contributed by atoms with Gasteiger partial charge in [-0.15, -0.1) is 0 Å². The lowest BCUT2D eigenvalue weighted by molar-refractivity contribution is 0.132. The van der Waals surface area contributed by atoms with Gasteiger partial charge in [0.15, 0.2) is 0 Å². The van der Waals surface area contributed by atoms with Gasteiger partial charge in [-0.3, -0.25) is 0 Å². The van der Waals surface area contributed by atoms with E-state index in [9.17, 15) is 0 Å². The predicted octanol–water partition coefficient (Wildman–Crippen LogP) is 1.31. The van der Waals surface area contributed by atoms with Crippen LogP contribution >= 0.6 is 0 Å². The zero-order chi connectivity index (χ0) is 12.6. The van der Waals surface area contributed by atoms with Gasteiger partial charge in [-0.05, 0) is 37.6 Å². The summed E-state index contributed by atoms with van der Waals surface area (Å²) in [6, 6.07) is 0. The van der Waals surface area contributed by atoms with Crippen LogP contribution in [-0.2, 0) is 4.74 Å². The standard InChI is InChI=1S/C12H25N3O2/c1-2-7-17-8-3-6-14-10-12(4-5-12)9-11(13)15-16/h14,16H,2-10H2,1H3,(H2,13,15). The van der Waals surface area contributed by atoms with Gasteiger partial charge >= 0.3 is 0 Å². The van der Waals surface area contributed by atoms with E-state index in [0.29, 0.717) is 12.3 Å². The van der Waals surface area contributed by atoms with Crippen molar-refractivity contribution in [2.24, 2.45) is 16.3 Å². The first-order valence-electron chi connectivity index (χ1n) is 6.47. The fourth-order valence-electron chi connectivity index (χ4n) is 1.91. The van der Waals surface area contributed by atoms with Crippen LogP contribution in [0.2, 0.25) is 0 Å². The molecular weight excluding hydrogens is 218 g/mol. The van der Waals surface area contributed by atoms with Crippen LogP contribution in [0.1, 0.15) is 39.0 Å². The summed E-state index contributed by atoms with van der Waals surface area (Å²) in [5.41, 5.74) is 5.79. The van der Waals surface area contributed by atoms with Crippen LogP contribution in [0.4, 0.5) is 0 Å². The maximum Gasteiger partial charge on any atom is 0.139 e. The van der Waals surface area contributed by atoms with Crippen LogP contribution < -0.4 is 11.1 Å². The first-order chi connectivity index (χ1) is 8.22. The average molecular weight is 243 g/mol. The fourth-order valence-corrected chi connectivity index (χ4v) is 1.91. The number of hydrogen-bond donors (Lipinski definition) is 3. The minimum Gasteiger partial charge on any atom is -0.409 e. The Hall–Kier alpha value is -0.810. The summed E-state index contributed by atoms with van der Waals surface area (Å²) in [5, 5.41) is 15.0. The molecule has 1 rings (SSSR count). The summed E-state index contributed by atoms with van der Waals surface area (Å²) in [4.78, 5) is 0. The molecule has 5 nitrogen and oxygen atoms in total. The van der Waals surface area contributed by atoms with Gasteiger partial charge in [0, 0.05) is 26.2 Å². The number of nitrogens with two attached hydrogens (primary N) is 1. The summed E-state index contributed by atoms with van der Waals surface area (Å²) in [7, 11) is 0. The van der Waals surface area contributed by atoms with Crippen molar-refractivity contribution in [3.8, 4) is 0 Å². The Morgan fingerprint density at radius 3 is 2.82 bits per heavy atom. The van der Waals surface area contributed by atoms with E-state index >= 15 is 0 Å². The van der Waals surface area contributed by atoms with E-state index in [2.05, 4.69) is 17.4 Å². The second-order valence-electron chi connectivity index (χ2n) is 4.91. The van der Waals surface area contributed by atoms with E-state index in [1.165, 1.54) is 12.8 Å². The number of hydrogen-bond acceptors (Lipinski definition) is 4. The lowest BCUT2D eigenvalue weighted by Crippen LogP contribution is -2.29. The van der Waals surface area contributed by atoms with Gasteiger partial charge in [0.1, 0.15) is 5.84 Å². The molecule has 0 radical (unpaired) electrons. The molecule has 0 aromatic rings. The number of rotatable bonds is 10. The van der Waals surface area contributed by atoms with E-state index in [0.717, 1.165) is 39.1 Å². The van der Waals surface area contributed by atoms with Gasteiger partial charge in [-0.25, -0.2) is 0 Å². The van der Waals surface area contributed by atoms with Gasteiger partial charge in [0.05, 0.1) is 0 Å². The van der Waals surface area contributed by atoms with Gasteiger partial charge < -0.3 is 21.0 Å². The van der Waals surface area contributed by atoms with E-state index in [-0.39, 0.29) is 5.41 Å². The van der Waals surface area contributed by atoms with Crippen molar-refractivity contribution in [2.75, 3.05) is 26.3 Å². The van der Waals surface area contributed by atoms with Gasteiger partial charge in [0.25, 0.3) is 0 Å². The minimum absolute atomic E-state index is 0.251. The monoisotopic (exact) mass is 243 g/mol. The summed E-state index contributed by atoms with van der Waals surface area (Å²) >= 11 is 0. The van der Waals surface area contributed by atoms with Gasteiger partial charge in [-0.1, -0.05) is 12.1 Å². The maximum atomic E-state index is 8.54. The summed E-state index contributed by atoms with van der Waals surface area (Å²) in [5.74, 6) is 0.343. The third-order valence-corrected chi connectivity index (χ3v) is 3.13. The molecule has 0 unspecified atom stereocenters. The molecule has 4 N–H and O–H groups in total. The molecule has 1 fully saturated rings. The number of amidine groups is 1. The Balaban J connectivity index is 1.99. The molecule has 0 spiro atoms. The molecule has 0 aromatic heterocycles. The summed E-state index contributed by atoms with van der Waals surface area (Å²) < 4.78 is 5.40. The van der Waals surface area contributed by atoms with Crippen LogP contribution in [0.25, 0.3) is 0 Å². The van der Waals surface area contributed by atoms with Crippen molar-refractivity contribution >= 4 is 5.84 Å². The molecule has 1 saturated carbocycles. The van der Waals surface area contributed by atoms with Crippen molar-refractivity contribution in [3.63, 3.8) is 0 Å². The highest BCUT2D eigenvalue weighted by Crippen LogP contribution is 2.48. The second kappa shape index (κ2) is 7.50. The van der Waals surface area contributed by atoms with Crippen molar-refractivity contribution in [1.29, 1.82) is 0 Å². The lowest BCUT2D eigenvalue weighted by atomic mass is 10.0. The van der Waals surface area contributed by atoms with Crippen LogP contribution in [-0.4, -0.2) is 37.3 Å². The van der Waals surface area contributed by atoms with E-state index in [4.69, 9.17) is 15.7 Å². The number of nitrogens with zero attached hydrogens (tertiary/aromatic N) is 1. The zero-order valence-corrected chi connectivity index (χ0v) is 10.7. The maximum absolute atomic E-state index is 8.54. The number of oxime groups is 1. The molecule has 0 bridgehead atoms. The largest absolute Gasteiger partial charge is 0.409 e. The van der Waals surface area contributed by atoms with Gasteiger partial charge in [-0.2, -0.15) is 0 Å². The smallest absolute Gasteiger partial charge is 0.139 e. The van der Waals surface area contributed by atoms with E-state index in [1.807, 2.05) is 0 Å². The molecular formula is C12H25N3O2. The van der Waals surface area contributed by atoms with Crippen LogP contribution in [0, 0.1) is 5.41 Å². The second-order valence-corrected chi connectivity index (χ2v) is 4.91. The number of ether oxygens (including phenoxy) is 1. The third-order valence-electron chi connectivity index (χ3n) is 3.13. The molecule has 5 heteroatoms. The first-order valence-corrected chi connectivity index (χ1v) is 6.47. The molecule has 0 atom stereocenters. The van der Waals surface area contributed by atoms with Crippen LogP contribution in [0.3, 0.4) is 0 Å². The highest BCUT2D eigenvalue weighted by Gasteiger charge is 2.42. The molecule has 0 saturated heterocycles. The Morgan fingerprint density at radius 2 is 2.24 bits per heavy atom. The fraction of sp³-hybridized carbons (Fsp3) is 0.917. The highest BCUT2D eigenvalue weighted by atomic mass is 16.5. The van der Waals surface area contributed by atoms with Crippen molar-refractivity contribution in [3.05, 3.63) is 0 Å². The van der Waals surface area contributed by atoms with Crippen LogP contribution in [0.15, 0.2) is 5.16 Å². The van der Waals surface area contributed by atoms with E-state index in [1.54, 1.807) is 0 Å². The van der Waals surface area contributed by atoms with Crippen molar-refractivity contribution < 1.29 is 9.94 Å². The number of nitrogens with one attached hydrogen (secondary N) is 1. The SMILES string of the molecule is CCCOCCCNCC1(CC(N)=NO)CC1. The minimum atomic E-state index is 0.251. The summed E-state index contributed by atoms with van der Waals surface area (Å²) in [6.07, 6.45) is 5.16. The normalized spacial score (nSPS) is 18.3. The predicted molar refractivity (Wildman–Crippen MR) is 68.3 cm³/mol. The molecule has 0 aliphatic heterocycles. The lowest BCUT2D eigenvalue weighted by Gasteiger charge is -2.15. The third kappa shape index (κ3) is 5.89. The Kier molecular flexibility index (Phi) is 6.29. The Morgan fingerprint density at radius 1 is 1.47 bits per heavy atom. The van der Waals surface area contributed by atoms with E-state index < -0.39 is 0 Å². The Labute approximate surface area is 103 Å². The molecule has 1 aliphatic carbocycles. The Bertz CT molecular complexity index is 240. The average Bonchev–Trinajstić information content (AvgIpc) is 3.08. The van der Waals surface area contributed by atoms with Crippen molar-refractivity contribution in [1.82, 2.24) is 5.32 Å². The molecule has 0 aromatic carbocycles. The van der Waals surface area contributed by atoms with Gasteiger partial charge in [0.2, 0.25) is 0 Å². The van der Waals surface area contributed by atoms with Crippen LogP contribution in [0.5, 0.6) is 0 Å². The molecule has 0 amide bonds. The zero-order valence-electron chi connectivity index (χ0n) is 10.7. The first kappa shape index (κ1) is 14.3. The topological polar surface area (TPSA) is 79.9 Å². The molecule has 100 valence electrons. The molecule has 0 heterocycles. The quantitative estimate of drug-likeness (QED) is 0.178.